The Morgan fingerprint density at radius 3 is 2.27 bits per heavy atom. The number of thiocarbonyl (C=S) groups is 1. The molecule has 0 N–H and O–H groups in total. The molecule has 0 aromatic heterocycles. The van der Waals surface area contributed by atoms with E-state index in [1.165, 1.54) is 17.3 Å². The monoisotopic (exact) mass is 325 g/mol. The summed E-state index contributed by atoms with van der Waals surface area (Å²) in [5, 5.41) is 0. The van der Waals surface area contributed by atoms with E-state index >= 15 is 0 Å². The minimum atomic E-state index is -0.0189. The van der Waals surface area contributed by atoms with E-state index in [0.29, 0.717) is 4.32 Å². The number of hydrogen-bond donors (Lipinski definition) is 0. The van der Waals surface area contributed by atoms with Crippen molar-refractivity contribution in [3.63, 3.8) is 0 Å². The third-order valence-electron chi connectivity index (χ3n) is 3.48. The molecule has 0 bridgehead atoms. The quantitative estimate of drug-likeness (QED) is 0.609. The Morgan fingerprint density at radius 1 is 1.05 bits per heavy atom. The molecule has 0 unspecified atom stereocenters. The fourth-order valence-electron chi connectivity index (χ4n) is 2.41. The molecule has 4 heteroatoms. The van der Waals surface area contributed by atoms with Gasteiger partial charge in [0.15, 0.2) is 4.32 Å². The van der Waals surface area contributed by atoms with E-state index in [-0.39, 0.29) is 5.91 Å². The highest BCUT2D eigenvalue weighted by molar-refractivity contribution is 8.27. The van der Waals surface area contributed by atoms with Crippen LogP contribution in [0.1, 0.15) is 12.5 Å². The first kappa shape index (κ1) is 15.0. The third kappa shape index (κ3) is 2.98. The standard InChI is InChI=1S/C18H15NOS2/c1-13(12-14-8-4-2-5-9-14)16-17(20)19(18(21)22-16)15-10-6-3-7-11-15/h2-11H,12H2,1H3. The Labute approximate surface area is 139 Å². The molecule has 1 aliphatic heterocycles. The maximum Gasteiger partial charge on any atom is 0.270 e. The summed E-state index contributed by atoms with van der Waals surface area (Å²) in [6.07, 6.45) is 0.764. The summed E-state index contributed by atoms with van der Waals surface area (Å²) >= 11 is 6.79. The molecule has 2 nitrogen and oxygen atoms in total. The van der Waals surface area contributed by atoms with Crippen LogP contribution in [0.2, 0.25) is 0 Å². The first-order valence-corrected chi connectivity index (χ1v) is 8.24. The van der Waals surface area contributed by atoms with Crippen LogP contribution in [-0.4, -0.2) is 10.2 Å². The van der Waals surface area contributed by atoms with Crippen molar-refractivity contribution in [2.75, 3.05) is 4.90 Å². The van der Waals surface area contributed by atoms with E-state index in [1.807, 2.05) is 55.5 Å². The molecule has 1 heterocycles. The van der Waals surface area contributed by atoms with Crippen molar-refractivity contribution in [3.8, 4) is 0 Å². The summed E-state index contributed by atoms with van der Waals surface area (Å²) in [5.74, 6) is -0.0189. The Hall–Kier alpha value is -1.91. The second-order valence-electron chi connectivity index (χ2n) is 5.12. The maximum atomic E-state index is 12.7. The molecule has 3 rings (SSSR count). The number of rotatable bonds is 3. The molecule has 2 aromatic rings. The molecule has 1 fully saturated rings. The minimum Gasteiger partial charge on any atom is -0.268 e. The van der Waals surface area contributed by atoms with E-state index in [2.05, 4.69) is 12.1 Å². The molecular formula is C18H15NOS2. The zero-order chi connectivity index (χ0) is 15.5. The van der Waals surface area contributed by atoms with Crippen LogP contribution in [-0.2, 0) is 11.2 Å². The highest BCUT2D eigenvalue weighted by atomic mass is 32.2. The topological polar surface area (TPSA) is 20.3 Å². The van der Waals surface area contributed by atoms with Gasteiger partial charge in [0.1, 0.15) is 0 Å². The number of carbonyl (C=O) groups is 1. The number of nitrogens with zero attached hydrogens (tertiary/aromatic N) is 1. The highest BCUT2D eigenvalue weighted by Gasteiger charge is 2.34. The van der Waals surface area contributed by atoms with Crippen LogP contribution in [0.5, 0.6) is 0 Å². The van der Waals surface area contributed by atoms with E-state index in [9.17, 15) is 4.79 Å². The van der Waals surface area contributed by atoms with E-state index < -0.39 is 0 Å². The lowest BCUT2D eigenvalue weighted by Gasteiger charge is -2.14. The van der Waals surface area contributed by atoms with Gasteiger partial charge in [0, 0.05) is 0 Å². The lowest BCUT2D eigenvalue weighted by molar-refractivity contribution is -0.113. The molecule has 1 aliphatic rings. The number of anilines is 1. The van der Waals surface area contributed by atoms with E-state index in [1.54, 1.807) is 4.90 Å². The number of para-hydroxylation sites is 1. The van der Waals surface area contributed by atoms with Gasteiger partial charge in [-0.1, -0.05) is 72.5 Å². The molecule has 0 aliphatic carbocycles. The molecular weight excluding hydrogens is 310 g/mol. The van der Waals surface area contributed by atoms with Crippen molar-refractivity contribution in [1.82, 2.24) is 0 Å². The molecule has 1 saturated heterocycles. The molecule has 2 aromatic carbocycles. The lowest BCUT2D eigenvalue weighted by atomic mass is 10.1. The second kappa shape index (κ2) is 6.46. The average Bonchev–Trinajstić information content (AvgIpc) is 2.84. The van der Waals surface area contributed by atoms with Crippen LogP contribution in [0, 0.1) is 0 Å². The normalized spacial score (nSPS) is 17.0. The summed E-state index contributed by atoms with van der Waals surface area (Å²) in [5.41, 5.74) is 3.08. The molecule has 0 atom stereocenters. The van der Waals surface area contributed by atoms with Crippen LogP contribution in [0.25, 0.3) is 0 Å². The zero-order valence-electron chi connectivity index (χ0n) is 12.2. The zero-order valence-corrected chi connectivity index (χ0v) is 13.8. The van der Waals surface area contributed by atoms with Crippen molar-refractivity contribution < 1.29 is 4.79 Å². The van der Waals surface area contributed by atoms with Gasteiger partial charge >= 0.3 is 0 Å². The number of benzene rings is 2. The van der Waals surface area contributed by atoms with Gasteiger partial charge in [-0.3, -0.25) is 9.69 Å². The minimum absolute atomic E-state index is 0.0189. The average molecular weight is 325 g/mol. The Balaban J connectivity index is 1.89. The second-order valence-corrected chi connectivity index (χ2v) is 6.76. The SMILES string of the molecule is CC(Cc1ccccc1)=C1SC(=S)N(c2ccccc2)C1=O. The molecule has 1 amide bonds. The van der Waals surface area contributed by atoms with Crippen molar-refractivity contribution in [2.45, 2.75) is 13.3 Å². The molecule has 0 spiro atoms. The number of amides is 1. The van der Waals surface area contributed by atoms with E-state index in [4.69, 9.17) is 12.2 Å². The fraction of sp³-hybridized carbons (Fsp3) is 0.111. The fourth-order valence-corrected chi connectivity index (χ4v) is 3.73. The first-order valence-electron chi connectivity index (χ1n) is 7.02. The van der Waals surface area contributed by atoms with Gasteiger partial charge < -0.3 is 0 Å². The highest BCUT2D eigenvalue weighted by Crippen LogP contribution is 2.37. The Bertz CT molecular complexity index is 738. The number of carbonyl (C=O) groups excluding carboxylic acids is 1. The predicted octanol–water partition coefficient (Wildman–Crippen LogP) is 4.57. The lowest BCUT2D eigenvalue weighted by Crippen LogP contribution is -2.27. The summed E-state index contributed by atoms with van der Waals surface area (Å²) in [4.78, 5) is 15.1. The summed E-state index contributed by atoms with van der Waals surface area (Å²) in [6, 6.07) is 19.7. The van der Waals surface area contributed by atoms with Crippen LogP contribution < -0.4 is 4.90 Å². The van der Waals surface area contributed by atoms with Gasteiger partial charge in [0.25, 0.3) is 5.91 Å². The maximum absolute atomic E-state index is 12.7. The summed E-state index contributed by atoms with van der Waals surface area (Å²) in [7, 11) is 0. The van der Waals surface area contributed by atoms with Crippen molar-refractivity contribution in [2.24, 2.45) is 0 Å². The van der Waals surface area contributed by atoms with Crippen LogP contribution in [0.3, 0.4) is 0 Å². The Morgan fingerprint density at radius 2 is 1.64 bits per heavy atom. The van der Waals surface area contributed by atoms with E-state index in [0.717, 1.165) is 22.6 Å². The smallest absolute Gasteiger partial charge is 0.268 e. The molecule has 0 radical (unpaired) electrons. The van der Waals surface area contributed by atoms with Gasteiger partial charge in [-0.05, 0) is 36.6 Å². The van der Waals surface area contributed by atoms with Gasteiger partial charge in [0.2, 0.25) is 0 Å². The van der Waals surface area contributed by atoms with Gasteiger partial charge in [-0.25, -0.2) is 0 Å². The van der Waals surface area contributed by atoms with Gasteiger partial charge in [-0.2, -0.15) is 0 Å². The van der Waals surface area contributed by atoms with Crippen molar-refractivity contribution >= 4 is 39.9 Å². The van der Waals surface area contributed by atoms with Crippen LogP contribution in [0.4, 0.5) is 5.69 Å². The van der Waals surface area contributed by atoms with Crippen molar-refractivity contribution in [1.29, 1.82) is 0 Å². The molecule has 110 valence electrons. The van der Waals surface area contributed by atoms with Gasteiger partial charge in [0.05, 0.1) is 10.6 Å². The van der Waals surface area contributed by atoms with Gasteiger partial charge in [-0.15, -0.1) is 0 Å². The number of thioether (sulfide) groups is 1. The van der Waals surface area contributed by atoms with Crippen molar-refractivity contribution in [3.05, 3.63) is 76.7 Å². The summed E-state index contributed by atoms with van der Waals surface area (Å²) < 4.78 is 0.596. The summed E-state index contributed by atoms with van der Waals surface area (Å²) in [6.45, 7) is 2.00. The first-order chi connectivity index (χ1) is 10.7. The van der Waals surface area contributed by atoms with Crippen LogP contribution >= 0.6 is 24.0 Å². The van der Waals surface area contributed by atoms with Crippen LogP contribution in [0.15, 0.2) is 71.1 Å². The Kier molecular flexibility index (Phi) is 4.41. The number of hydrogen-bond acceptors (Lipinski definition) is 3. The predicted molar refractivity (Wildman–Crippen MR) is 97.0 cm³/mol. The third-order valence-corrected chi connectivity index (χ3v) is 5.00. The largest absolute Gasteiger partial charge is 0.270 e. The number of allylic oxidation sites excluding steroid dienone is 1. The molecule has 22 heavy (non-hydrogen) atoms. The molecule has 0 saturated carbocycles.